The summed E-state index contributed by atoms with van der Waals surface area (Å²) in [6.45, 7) is 0.372. The number of benzene rings is 2. The SMILES string of the molecule is O=S(=O)(Nc1nn(Cc2ccccc2)cc1Cl)c1cc(F)ccc1F. The number of hydrogen-bond acceptors (Lipinski definition) is 3. The molecule has 0 saturated carbocycles. The van der Waals surface area contributed by atoms with Gasteiger partial charge in [0.05, 0.1) is 6.54 Å². The maximum absolute atomic E-state index is 13.7. The van der Waals surface area contributed by atoms with E-state index in [1.807, 2.05) is 30.3 Å². The number of nitrogens with zero attached hydrogens (tertiary/aromatic N) is 2. The Kier molecular flexibility index (Phi) is 4.73. The quantitative estimate of drug-likeness (QED) is 0.731. The van der Waals surface area contributed by atoms with E-state index in [0.29, 0.717) is 12.6 Å². The highest BCUT2D eigenvalue weighted by molar-refractivity contribution is 7.92. The number of sulfonamides is 1. The van der Waals surface area contributed by atoms with Crippen LogP contribution in [0.15, 0.2) is 59.6 Å². The summed E-state index contributed by atoms with van der Waals surface area (Å²) in [7, 11) is -4.37. The summed E-state index contributed by atoms with van der Waals surface area (Å²) in [5, 5.41) is 4.08. The first kappa shape index (κ1) is 17.4. The van der Waals surface area contributed by atoms with E-state index in [2.05, 4.69) is 9.82 Å². The summed E-state index contributed by atoms with van der Waals surface area (Å²) in [5.41, 5.74) is 0.937. The van der Waals surface area contributed by atoms with Crippen molar-refractivity contribution in [2.45, 2.75) is 11.4 Å². The number of anilines is 1. The van der Waals surface area contributed by atoms with E-state index in [0.717, 1.165) is 17.7 Å². The van der Waals surface area contributed by atoms with E-state index in [1.54, 1.807) is 0 Å². The monoisotopic (exact) mass is 383 g/mol. The van der Waals surface area contributed by atoms with Crippen molar-refractivity contribution in [1.82, 2.24) is 9.78 Å². The molecule has 25 heavy (non-hydrogen) atoms. The van der Waals surface area contributed by atoms with Crippen molar-refractivity contribution < 1.29 is 17.2 Å². The second kappa shape index (κ2) is 6.81. The summed E-state index contributed by atoms with van der Waals surface area (Å²) in [6.07, 6.45) is 1.44. The number of halogens is 3. The Morgan fingerprint density at radius 2 is 1.84 bits per heavy atom. The molecule has 1 aromatic heterocycles. The van der Waals surface area contributed by atoms with Crippen LogP contribution in [-0.2, 0) is 16.6 Å². The van der Waals surface area contributed by atoms with Crippen LogP contribution in [0.25, 0.3) is 0 Å². The molecule has 0 aliphatic rings. The number of nitrogens with one attached hydrogen (secondary N) is 1. The molecule has 3 rings (SSSR count). The first-order chi connectivity index (χ1) is 11.8. The zero-order valence-electron chi connectivity index (χ0n) is 12.7. The van der Waals surface area contributed by atoms with Crippen LogP contribution in [-0.4, -0.2) is 18.2 Å². The van der Waals surface area contributed by atoms with Gasteiger partial charge >= 0.3 is 0 Å². The smallest absolute Gasteiger partial charge is 0.265 e. The lowest BCUT2D eigenvalue weighted by atomic mass is 10.2. The molecular formula is C16H12ClF2N3O2S. The normalized spacial score (nSPS) is 11.5. The third-order valence-corrected chi connectivity index (χ3v) is 4.95. The van der Waals surface area contributed by atoms with Gasteiger partial charge in [-0.15, -0.1) is 0 Å². The summed E-state index contributed by atoms with van der Waals surface area (Å²) < 4.78 is 55.0. The van der Waals surface area contributed by atoms with E-state index in [1.165, 1.54) is 10.9 Å². The van der Waals surface area contributed by atoms with E-state index in [-0.39, 0.29) is 10.8 Å². The fourth-order valence-corrected chi connectivity index (χ4v) is 3.54. The molecule has 0 spiro atoms. The van der Waals surface area contributed by atoms with Gasteiger partial charge in [0.15, 0.2) is 5.82 Å². The molecule has 0 bridgehead atoms. The van der Waals surface area contributed by atoms with Crippen LogP contribution in [0.3, 0.4) is 0 Å². The van der Waals surface area contributed by atoms with Gasteiger partial charge < -0.3 is 0 Å². The Hall–Kier alpha value is -2.45. The summed E-state index contributed by atoms with van der Waals surface area (Å²) >= 11 is 6.00. The van der Waals surface area contributed by atoms with Crippen molar-refractivity contribution in [3.05, 3.63) is 76.9 Å². The lowest BCUT2D eigenvalue weighted by molar-refractivity contribution is 0.555. The van der Waals surface area contributed by atoms with Crippen LogP contribution in [0.5, 0.6) is 0 Å². The molecule has 0 aliphatic heterocycles. The average Bonchev–Trinajstić information content (AvgIpc) is 2.89. The van der Waals surface area contributed by atoms with Crippen LogP contribution >= 0.6 is 11.6 Å². The summed E-state index contributed by atoms with van der Waals surface area (Å²) in [4.78, 5) is -0.818. The minimum atomic E-state index is -4.37. The maximum Gasteiger partial charge on any atom is 0.266 e. The molecule has 0 unspecified atom stereocenters. The fourth-order valence-electron chi connectivity index (χ4n) is 2.18. The molecule has 0 radical (unpaired) electrons. The van der Waals surface area contributed by atoms with Crippen LogP contribution in [0.2, 0.25) is 5.02 Å². The van der Waals surface area contributed by atoms with Crippen molar-refractivity contribution >= 4 is 27.4 Å². The molecule has 0 fully saturated rings. The average molecular weight is 384 g/mol. The van der Waals surface area contributed by atoms with E-state index < -0.39 is 26.6 Å². The standard InChI is InChI=1S/C16H12ClF2N3O2S/c17-13-10-22(9-11-4-2-1-3-5-11)20-16(13)21-25(23,24)15-8-12(18)6-7-14(15)19/h1-8,10H,9H2,(H,20,21). The maximum atomic E-state index is 13.7. The van der Waals surface area contributed by atoms with Crippen molar-refractivity contribution in [2.75, 3.05) is 4.72 Å². The van der Waals surface area contributed by atoms with E-state index in [9.17, 15) is 17.2 Å². The first-order valence-electron chi connectivity index (χ1n) is 7.10. The summed E-state index contributed by atoms with van der Waals surface area (Å²) in [5.74, 6) is -2.11. The van der Waals surface area contributed by atoms with Gasteiger partial charge in [0.1, 0.15) is 21.6 Å². The zero-order chi connectivity index (χ0) is 18.0. The molecule has 1 N–H and O–H groups in total. The highest BCUT2D eigenvalue weighted by atomic mass is 35.5. The van der Waals surface area contributed by atoms with Gasteiger partial charge in [0.25, 0.3) is 10.0 Å². The topological polar surface area (TPSA) is 64.0 Å². The third-order valence-electron chi connectivity index (χ3n) is 3.32. The molecule has 2 aromatic carbocycles. The minimum absolute atomic E-state index is 0.0383. The molecule has 0 aliphatic carbocycles. The first-order valence-corrected chi connectivity index (χ1v) is 8.96. The fraction of sp³-hybridized carbons (Fsp3) is 0.0625. The van der Waals surface area contributed by atoms with E-state index >= 15 is 0 Å². The van der Waals surface area contributed by atoms with Gasteiger partial charge in [-0.2, -0.15) is 5.10 Å². The third kappa shape index (κ3) is 3.97. The Bertz CT molecular complexity index is 1010. The van der Waals surface area contributed by atoms with Crippen molar-refractivity contribution in [2.24, 2.45) is 0 Å². The molecule has 3 aromatic rings. The van der Waals surface area contributed by atoms with Crippen molar-refractivity contribution in [1.29, 1.82) is 0 Å². The Labute approximate surface area is 147 Å². The zero-order valence-corrected chi connectivity index (χ0v) is 14.2. The molecule has 1 heterocycles. The van der Waals surface area contributed by atoms with Gasteiger partial charge in [0, 0.05) is 6.20 Å². The molecular weight excluding hydrogens is 372 g/mol. The molecule has 0 atom stereocenters. The van der Waals surface area contributed by atoms with Gasteiger partial charge in [-0.25, -0.2) is 17.2 Å². The molecule has 9 heteroatoms. The molecule has 130 valence electrons. The predicted octanol–water partition coefficient (Wildman–Crippen LogP) is 3.66. The van der Waals surface area contributed by atoms with E-state index in [4.69, 9.17) is 11.6 Å². The Morgan fingerprint density at radius 3 is 2.56 bits per heavy atom. The largest absolute Gasteiger partial charge is 0.266 e. The second-order valence-corrected chi connectivity index (χ2v) is 7.25. The molecule has 0 saturated heterocycles. The number of hydrogen-bond donors (Lipinski definition) is 1. The van der Waals surface area contributed by atoms with Gasteiger partial charge in [-0.1, -0.05) is 41.9 Å². The van der Waals surface area contributed by atoms with Crippen molar-refractivity contribution in [3.8, 4) is 0 Å². The van der Waals surface area contributed by atoms with Crippen LogP contribution < -0.4 is 4.72 Å². The number of rotatable bonds is 5. The van der Waals surface area contributed by atoms with Gasteiger partial charge in [-0.05, 0) is 23.8 Å². The van der Waals surface area contributed by atoms with Gasteiger partial charge in [-0.3, -0.25) is 9.40 Å². The van der Waals surface area contributed by atoms with Crippen LogP contribution in [0, 0.1) is 11.6 Å². The molecule has 0 amide bonds. The summed E-state index contributed by atoms with van der Waals surface area (Å²) in [6, 6.07) is 11.5. The Morgan fingerprint density at radius 1 is 1.12 bits per heavy atom. The predicted molar refractivity (Wildman–Crippen MR) is 89.9 cm³/mol. The van der Waals surface area contributed by atoms with Crippen LogP contribution in [0.4, 0.5) is 14.6 Å². The van der Waals surface area contributed by atoms with Gasteiger partial charge in [0.2, 0.25) is 0 Å². The highest BCUT2D eigenvalue weighted by Gasteiger charge is 2.22. The van der Waals surface area contributed by atoms with Crippen molar-refractivity contribution in [3.63, 3.8) is 0 Å². The second-order valence-electron chi connectivity index (χ2n) is 5.19. The van der Waals surface area contributed by atoms with Crippen LogP contribution in [0.1, 0.15) is 5.56 Å². The highest BCUT2D eigenvalue weighted by Crippen LogP contribution is 2.24. The number of aromatic nitrogens is 2. The lowest BCUT2D eigenvalue weighted by Gasteiger charge is -2.07. The Balaban J connectivity index is 1.86. The molecule has 5 nitrogen and oxygen atoms in total. The minimum Gasteiger partial charge on any atom is -0.265 e. The lowest BCUT2D eigenvalue weighted by Crippen LogP contribution is -2.16.